The molecule has 5 atom stereocenters. The molecule has 0 aromatic heterocycles. The van der Waals surface area contributed by atoms with Crippen molar-refractivity contribution < 1.29 is 9.53 Å². The number of fused-ring (bicyclic) bond motifs is 1. The SMILES string of the molecule is NC1CC(=O)OC2C(Cl)CC(Br)CC12. The third-order valence-electron chi connectivity index (χ3n) is 3.01. The Balaban J connectivity index is 2.14. The first-order valence-electron chi connectivity index (χ1n) is 4.81. The molecule has 0 aromatic carbocycles. The van der Waals surface area contributed by atoms with Crippen LogP contribution in [0.15, 0.2) is 0 Å². The fourth-order valence-corrected chi connectivity index (χ4v) is 3.80. The molecule has 5 unspecified atom stereocenters. The number of ether oxygens (including phenoxy) is 1. The van der Waals surface area contributed by atoms with E-state index in [0.29, 0.717) is 11.2 Å². The maximum Gasteiger partial charge on any atom is 0.307 e. The van der Waals surface area contributed by atoms with Gasteiger partial charge in [-0.25, -0.2) is 0 Å². The number of esters is 1. The highest BCUT2D eigenvalue weighted by molar-refractivity contribution is 9.09. The first-order chi connectivity index (χ1) is 6.58. The van der Waals surface area contributed by atoms with E-state index >= 15 is 0 Å². The van der Waals surface area contributed by atoms with Crippen molar-refractivity contribution in [3.05, 3.63) is 0 Å². The fraction of sp³-hybridized carbons (Fsp3) is 0.889. The van der Waals surface area contributed by atoms with Crippen molar-refractivity contribution in [1.29, 1.82) is 0 Å². The third-order valence-corrected chi connectivity index (χ3v) is 4.18. The highest BCUT2D eigenvalue weighted by Gasteiger charge is 2.45. The van der Waals surface area contributed by atoms with Gasteiger partial charge in [0.05, 0.1) is 11.8 Å². The molecule has 0 amide bonds. The van der Waals surface area contributed by atoms with Crippen LogP contribution in [0.2, 0.25) is 0 Å². The smallest absolute Gasteiger partial charge is 0.307 e. The van der Waals surface area contributed by atoms with Crippen molar-refractivity contribution in [2.24, 2.45) is 11.7 Å². The number of carbonyl (C=O) groups excluding carboxylic acids is 1. The number of hydrogen-bond donors (Lipinski definition) is 1. The van der Waals surface area contributed by atoms with E-state index in [1.165, 1.54) is 0 Å². The Labute approximate surface area is 96.4 Å². The zero-order chi connectivity index (χ0) is 10.3. The highest BCUT2D eigenvalue weighted by atomic mass is 79.9. The van der Waals surface area contributed by atoms with Crippen LogP contribution in [0.4, 0.5) is 0 Å². The quantitative estimate of drug-likeness (QED) is 0.540. The van der Waals surface area contributed by atoms with E-state index in [1.807, 2.05) is 0 Å². The minimum absolute atomic E-state index is 0.0946. The van der Waals surface area contributed by atoms with E-state index in [-0.39, 0.29) is 29.4 Å². The first-order valence-corrected chi connectivity index (χ1v) is 6.16. The summed E-state index contributed by atoms with van der Waals surface area (Å²) in [6.07, 6.45) is 1.93. The van der Waals surface area contributed by atoms with Crippen LogP contribution < -0.4 is 5.73 Å². The molecule has 1 saturated heterocycles. The lowest BCUT2D eigenvalue weighted by atomic mass is 9.79. The summed E-state index contributed by atoms with van der Waals surface area (Å²) >= 11 is 9.71. The van der Waals surface area contributed by atoms with Crippen LogP contribution in [0.25, 0.3) is 0 Å². The summed E-state index contributed by atoms with van der Waals surface area (Å²) in [7, 11) is 0. The fourth-order valence-electron chi connectivity index (χ4n) is 2.30. The molecule has 1 saturated carbocycles. The van der Waals surface area contributed by atoms with E-state index in [9.17, 15) is 4.79 Å². The number of hydrogen-bond acceptors (Lipinski definition) is 3. The lowest BCUT2D eigenvalue weighted by Gasteiger charge is -2.42. The molecule has 1 aliphatic heterocycles. The predicted molar refractivity (Wildman–Crippen MR) is 57.6 cm³/mol. The van der Waals surface area contributed by atoms with E-state index in [4.69, 9.17) is 22.1 Å². The van der Waals surface area contributed by atoms with E-state index in [2.05, 4.69) is 15.9 Å². The summed E-state index contributed by atoms with van der Waals surface area (Å²) in [5.41, 5.74) is 5.92. The van der Waals surface area contributed by atoms with Crippen LogP contribution in [0.1, 0.15) is 19.3 Å². The van der Waals surface area contributed by atoms with Crippen LogP contribution in [0, 0.1) is 5.92 Å². The molecule has 80 valence electrons. The Kier molecular flexibility index (Phi) is 3.05. The summed E-state index contributed by atoms with van der Waals surface area (Å²) in [6.45, 7) is 0. The van der Waals surface area contributed by atoms with Gasteiger partial charge in [-0.3, -0.25) is 4.79 Å². The molecule has 1 heterocycles. The molecule has 0 radical (unpaired) electrons. The zero-order valence-electron chi connectivity index (χ0n) is 7.66. The van der Waals surface area contributed by atoms with Gasteiger partial charge in [0.1, 0.15) is 6.10 Å². The van der Waals surface area contributed by atoms with Gasteiger partial charge in [0.15, 0.2) is 0 Å². The molecule has 2 N–H and O–H groups in total. The number of halogens is 2. The summed E-state index contributed by atoms with van der Waals surface area (Å²) in [4.78, 5) is 11.6. The average Bonchev–Trinajstić information content (AvgIpc) is 2.07. The van der Waals surface area contributed by atoms with Crippen molar-refractivity contribution in [1.82, 2.24) is 0 Å². The highest BCUT2D eigenvalue weighted by Crippen LogP contribution is 2.38. The van der Waals surface area contributed by atoms with Gasteiger partial charge in [0.25, 0.3) is 0 Å². The molecule has 1 aliphatic carbocycles. The second-order valence-electron chi connectivity index (χ2n) is 4.07. The van der Waals surface area contributed by atoms with Crippen molar-refractivity contribution in [2.75, 3.05) is 0 Å². The number of alkyl halides is 2. The lowest BCUT2D eigenvalue weighted by molar-refractivity contribution is -0.161. The summed E-state index contributed by atoms with van der Waals surface area (Å²) in [5.74, 6) is 0.00532. The topological polar surface area (TPSA) is 52.3 Å². The Morgan fingerprint density at radius 1 is 1.50 bits per heavy atom. The summed E-state index contributed by atoms with van der Waals surface area (Å²) in [5, 5.41) is -0.103. The molecule has 2 rings (SSSR count). The second-order valence-corrected chi connectivity index (χ2v) is 5.93. The summed E-state index contributed by atoms with van der Waals surface area (Å²) < 4.78 is 5.25. The van der Waals surface area contributed by atoms with E-state index in [0.717, 1.165) is 12.8 Å². The predicted octanol–water partition coefficient (Wildman–Crippen LogP) is 1.41. The van der Waals surface area contributed by atoms with Gasteiger partial charge < -0.3 is 10.5 Å². The maximum atomic E-state index is 11.2. The Hall–Kier alpha value is 0.200. The van der Waals surface area contributed by atoms with Gasteiger partial charge in [-0.05, 0) is 12.8 Å². The molecule has 0 bridgehead atoms. The van der Waals surface area contributed by atoms with Crippen LogP contribution in [0.3, 0.4) is 0 Å². The average molecular weight is 283 g/mol. The molecular weight excluding hydrogens is 269 g/mol. The molecule has 2 fully saturated rings. The minimum Gasteiger partial charge on any atom is -0.460 e. The molecule has 0 spiro atoms. The van der Waals surface area contributed by atoms with Crippen LogP contribution in [0.5, 0.6) is 0 Å². The molecule has 2 aliphatic rings. The van der Waals surface area contributed by atoms with Crippen molar-refractivity contribution in [2.45, 2.75) is 41.6 Å². The van der Waals surface area contributed by atoms with Crippen molar-refractivity contribution >= 4 is 33.5 Å². The van der Waals surface area contributed by atoms with Crippen LogP contribution in [-0.2, 0) is 9.53 Å². The monoisotopic (exact) mass is 281 g/mol. The van der Waals surface area contributed by atoms with Crippen LogP contribution in [-0.4, -0.2) is 28.3 Å². The van der Waals surface area contributed by atoms with Gasteiger partial charge in [-0.15, -0.1) is 11.6 Å². The van der Waals surface area contributed by atoms with E-state index in [1.54, 1.807) is 0 Å². The van der Waals surface area contributed by atoms with Crippen LogP contribution >= 0.6 is 27.5 Å². The van der Waals surface area contributed by atoms with Gasteiger partial charge in [0.2, 0.25) is 0 Å². The first kappa shape index (κ1) is 10.7. The zero-order valence-corrected chi connectivity index (χ0v) is 10.00. The van der Waals surface area contributed by atoms with Gasteiger partial charge >= 0.3 is 5.97 Å². The maximum absolute atomic E-state index is 11.2. The minimum atomic E-state index is -0.211. The number of rotatable bonds is 0. The summed E-state index contributed by atoms with van der Waals surface area (Å²) in [6, 6.07) is -0.0946. The number of carbonyl (C=O) groups is 1. The normalized spacial score (nSPS) is 48.2. The lowest BCUT2D eigenvalue weighted by Crippen LogP contribution is -2.53. The van der Waals surface area contributed by atoms with Gasteiger partial charge in [0, 0.05) is 16.8 Å². The van der Waals surface area contributed by atoms with E-state index < -0.39 is 0 Å². The second kappa shape index (κ2) is 3.99. The Morgan fingerprint density at radius 2 is 2.21 bits per heavy atom. The van der Waals surface area contributed by atoms with Crippen molar-refractivity contribution in [3.63, 3.8) is 0 Å². The third kappa shape index (κ3) is 1.92. The molecular formula is C9H13BrClNO2. The Morgan fingerprint density at radius 3 is 2.93 bits per heavy atom. The van der Waals surface area contributed by atoms with Gasteiger partial charge in [-0.2, -0.15) is 0 Å². The molecule has 5 heteroatoms. The number of nitrogens with two attached hydrogens (primary N) is 1. The molecule has 14 heavy (non-hydrogen) atoms. The largest absolute Gasteiger partial charge is 0.460 e. The standard InChI is InChI=1S/C9H13BrClNO2/c10-4-1-5-7(12)3-8(13)14-9(5)6(11)2-4/h4-7,9H,1-3,12H2. The molecule has 3 nitrogen and oxygen atoms in total. The molecule has 0 aromatic rings. The van der Waals surface area contributed by atoms with Crippen molar-refractivity contribution in [3.8, 4) is 0 Å². The van der Waals surface area contributed by atoms with Gasteiger partial charge in [-0.1, -0.05) is 15.9 Å². The Bertz CT molecular complexity index is 251.